The Bertz CT molecular complexity index is 435. The zero-order valence-corrected chi connectivity index (χ0v) is 14.1. The highest BCUT2D eigenvalue weighted by atomic mass is 16.5. The number of nitrogens with zero attached hydrogens (tertiary/aromatic N) is 2. The standard InChI is InChI=1S/C17H31N3O/c1-5-11-18-16(13-15-12-14(3)19-20(15)4)17(21-6-2)9-7-8-10-17/h12,16,18H,5-11,13H2,1-4H3. The van der Waals surface area contributed by atoms with Gasteiger partial charge in [-0.1, -0.05) is 19.8 Å². The number of ether oxygens (including phenoxy) is 1. The second-order valence-electron chi connectivity index (χ2n) is 6.32. The maximum Gasteiger partial charge on any atom is 0.0838 e. The molecular weight excluding hydrogens is 262 g/mol. The summed E-state index contributed by atoms with van der Waals surface area (Å²) in [5.74, 6) is 0. The van der Waals surface area contributed by atoms with E-state index >= 15 is 0 Å². The molecule has 1 aliphatic carbocycles. The molecule has 0 saturated heterocycles. The maximum absolute atomic E-state index is 6.28. The van der Waals surface area contributed by atoms with Gasteiger partial charge < -0.3 is 10.1 Å². The van der Waals surface area contributed by atoms with Crippen LogP contribution in [0.1, 0.15) is 57.3 Å². The minimum absolute atomic E-state index is 0.0160. The van der Waals surface area contributed by atoms with Crippen molar-refractivity contribution in [3.8, 4) is 0 Å². The van der Waals surface area contributed by atoms with Crippen LogP contribution in [-0.4, -0.2) is 34.6 Å². The van der Waals surface area contributed by atoms with Gasteiger partial charge in [0.1, 0.15) is 0 Å². The van der Waals surface area contributed by atoms with Crippen LogP contribution in [0.4, 0.5) is 0 Å². The average molecular weight is 293 g/mol. The fourth-order valence-corrected chi connectivity index (χ4v) is 3.68. The van der Waals surface area contributed by atoms with E-state index in [4.69, 9.17) is 4.74 Å². The lowest BCUT2D eigenvalue weighted by Gasteiger charge is -2.38. The topological polar surface area (TPSA) is 39.1 Å². The van der Waals surface area contributed by atoms with E-state index in [1.165, 1.54) is 31.4 Å². The minimum Gasteiger partial charge on any atom is -0.374 e. The Kier molecular flexibility index (Phi) is 5.82. The molecular formula is C17H31N3O. The SMILES string of the molecule is CCCNC(Cc1cc(C)nn1C)C1(OCC)CCCC1. The van der Waals surface area contributed by atoms with Crippen LogP contribution in [0.2, 0.25) is 0 Å². The van der Waals surface area contributed by atoms with Crippen LogP contribution >= 0.6 is 0 Å². The van der Waals surface area contributed by atoms with Gasteiger partial charge in [-0.2, -0.15) is 5.10 Å². The monoisotopic (exact) mass is 293 g/mol. The first-order chi connectivity index (χ1) is 10.1. The van der Waals surface area contributed by atoms with E-state index in [0.29, 0.717) is 6.04 Å². The molecule has 0 aromatic carbocycles. The molecule has 4 nitrogen and oxygen atoms in total. The van der Waals surface area contributed by atoms with Crippen molar-refractivity contribution < 1.29 is 4.74 Å². The van der Waals surface area contributed by atoms with E-state index in [1.54, 1.807) is 0 Å². The Morgan fingerprint density at radius 2 is 2.10 bits per heavy atom. The summed E-state index contributed by atoms with van der Waals surface area (Å²) in [6.45, 7) is 8.25. The highest BCUT2D eigenvalue weighted by Crippen LogP contribution is 2.37. The number of rotatable bonds is 8. The predicted molar refractivity (Wildman–Crippen MR) is 86.6 cm³/mol. The van der Waals surface area contributed by atoms with E-state index in [0.717, 1.165) is 31.7 Å². The zero-order chi connectivity index (χ0) is 15.3. The van der Waals surface area contributed by atoms with Gasteiger partial charge in [-0.25, -0.2) is 0 Å². The molecule has 1 aliphatic rings. The number of aryl methyl sites for hydroxylation is 2. The van der Waals surface area contributed by atoms with Gasteiger partial charge in [0.25, 0.3) is 0 Å². The Morgan fingerprint density at radius 3 is 2.62 bits per heavy atom. The Labute approximate surface area is 129 Å². The third kappa shape index (κ3) is 3.86. The van der Waals surface area contributed by atoms with E-state index in [9.17, 15) is 0 Å². The average Bonchev–Trinajstić information content (AvgIpc) is 3.03. The molecule has 4 heteroatoms. The van der Waals surface area contributed by atoms with E-state index < -0.39 is 0 Å². The van der Waals surface area contributed by atoms with Crippen molar-refractivity contribution in [1.29, 1.82) is 0 Å². The van der Waals surface area contributed by atoms with Crippen LogP contribution in [-0.2, 0) is 18.2 Å². The highest BCUT2D eigenvalue weighted by molar-refractivity contribution is 5.13. The molecule has 0 radical (unpaired) electrons. The lowest BCUT2D eigenvalue weighted by atomic mass is 9.88. The van der Waals surface area contributed by atoms with Crippen molar-refractivity contribution >= 4 is 0 Å². The van der Waals surface area contributed by atoms with Crippen LogP contribution in [0.25, 0.3) is 0 Å². The summed E-state index contributed by atoms with van der Waals surface area (Å²) < 4.78 is 8.29. The second kappa shape index (κ2) is 7.41. The molecule has 1 fully saturated rings. The lowest BCUT2D eigenvalue weighted by Crippen LogP contribution is -2.52. The van der Waals surface area contributed by atoms with Crippen molar-refractivity contribution in [1.82, 2.24) is 15.1 Å². The molecule has 1 aromatic rings. The summed E-state index contributed by atoms with van der Waals surface area (Å²) in [6.07, 6.45) is 7.09. The summed E-state index contributed by atoms with van der Waals surface area (Å²) >= 11 is 0. The quantitative estimate of drug-likeness (QED) is 0.801. The number of aromatic nitrogens is 2. The van der Waals surface area contributed by atoms with Crippen LogP contribution in [0.15, 0.2) is 6.07 Å². The molecule has 1 heterocycles. The van der Waals surface area contributed by atoms with Gasteiger partial charge in [0.15, 0.2) is 0 Å². The largest absolute Gasteiger partial charge is 0.374 e. The fourth-order valence-electron chi connectivity index (χ4n) is 3.68. The third-order valence-corrected chi connectivity index (χ3v) is 4.67. The molecule has 1 aromatic heterocycles. The fraction of sp³-hybridized carbons (Fsp3) is 0.824. The molecule has 0 spiro atoms. The lowest BCUT2D eigenvalue weighted by molar-refractivity contribution is -0.0615. The molecule has 2 rings (SSSR count). The molecule has 0 bridgehead atoms. The van der Waals surface area contributed by atoms with Crippen molar-refractivity contribution in [2.75, 3.05) is 13.2 Å². The number of hydrogen-bond acceptors (Lipinski definition) is 3. The third-order valence-electron chi connectivity index (χ3n) is 4.67. The Balaban J connectivity index is 2.18. The maximum atomic E-state index is 6.28. The molecule has 120 valence electrons. The summed E-state index contributed by atoms with van der Waals surface area (Å²) in [5.41, 5.74) is 2.41. The number of nitrogens with one attached hydrogen (secondary N) is 1. The molecule has 0 amide bonds. The van der Waals surface area contributed by atoms with Gasteiger partial charge in [0.05, 0.1) is 11.3 Å². The number of hydrogen-bond donors (Lipinski definition) is 1. The van der Waals surface area contributed by atoms with Gasteiger partial charge in [-0.05, 0) is 45.7 Å². The van der Waals surface area contributed by atoms with Crippen molar-refractivity contribution in [2.45, 2.75) is 70.9 Å². The molecule has 21 heavy (non-hydrogen) atoms. The van der Waals surface area contributed by atoms with Crippen molar-refractivity contribution in [3.63, 3.8) is 0 Å². The first-order valence-electron chi connectivity index (χ1n) is 8.48. The van der Waals surface area contributed by atoms with Gasteiger partial charge >= 0.3 is 0 Å². The van der Waals surface area contributed by atoms with Crippen LogP contribution < -0.4 is 5.32 Å². The van der Waals surface area contributed by atoms with Crippen LogP contribution in [0, 0.1) is 6.92 Å². The van der Waals surface area contributed by atoms with Gasteiger partial charge in [-0.3, -0.25) is 4.68 Å². The first kappa shape index (κ1) is 16.5. The van der Waals surface area contributed by atoms with E-state index in [-0.39, 0.29) is 5.60 Å². The first-order valence-corrected chi connectivity index (χ1v) is 8.48. The molecule has 1 saturated carbocycles. The van der Waals surface area contributed by atoms with Gasteiger partial charge in [0, 0.05) is 31.8 Å². The molecule has 1 atom stereocenters. The highest BCUT2D eigenvalue weighted by Gasteiger charge is 2.42. The minimum atomic E-state index is 0.0160. The summed E-state index contributed by atoms with van der Waals surface area (Å²) in [7, 11) is 2.04. The van der Waals surface area contributed by atoms with Crippen LogP contribution in [0.3, 0.4) is 0 Å². The van der Waals surface area contributed by atoms with Gasteiger partial charge in [-0.15, -0.1) is 0 Å². The summed E-state index contributed by atoms with van der Waals surface area (Å²) in [6, 6.07) is 2.59. The van der Waals surface area contributed by atoms with Crippen molar-refractivity contribution in [3.05, 3.63) is 17.5 Å². The van der Waals surface area contributed by atoms with Gasteiger partial charge in [0.2, 0.25) is 0 Å². The smallest absolute Gasteiger partial charge is 0.0838 e. The summed E-state index contributed by atoms with van der Waals surface area (Å²) in [5, 5.41) is 8.24. The summed E-state index contributed by atoms with van der Waals surface area (Å²) in [4.78, 5) is 0. The molecule has 1 N–H and O–H groups in total. The zero-order valence-electron chi connectivity index (χ0n) is 14.1. The normalized spacial score (nSPS) is 19.0. The molecule has 0 aliphatic heterocycles. The van der Waals surface area contributed by atoms with Crippen molar-refractivity contribution in [2.24, 2.45) is 7.05 Å². The molecule has 1 unspecified atom stereocenters. The predicted octanol–water partition coefficient (Wildman–Crippen LogP) is 2.99. The van der Waals surface area contributed by atoms with E-state index in [2.05, 4.69) is 37.3 Å². The Hall–Kier alpha value is -0.870. The second-order valence-corrected chi connectivity index (χ2v) is 6.32. The van der Waals surface area contributed by atoms with E-state index in [1.807, 2.05) is 11.7 Å². The Morgan fingerprint density at radius 1 is 1.38 bits per heavy atom. The van der Waals surface area contributed by atoms with Crippen LogP contribution in [0.5, 0.6) is 0 Å².